The van der Waals surface area contributed by atoms with E-state index in [1.807, 2.05) is 0 Å². The van der Waals surface area contributed by atoms with E-state index in [0.717, 1.165) is 25.5 Å². The maximum absolute atomic E-state index is 5.64. The van der Waals surface area contributed by atoms with Gasteiger partial charge < -0.3 is 4.74 Å². The van der Waals surface area contributed by atoms with Gasteiger partial charge in [0.2, 0.25) is 0 Å². The third kappa shape index (κ3) is 8.15. The van der Waals surface area contributed by atoms with Gasteiger partial charge in [-0.25, -0.2) is 0 Å². The third-order valence-corrected chi connectivity index (χ3v) is 2.00. The van der Waals surface area contributed by atoms with Crippen LogP contribution in [-0.4, -0.2) is 19.1 Å². The summed E-state index contributed by atoms with van der Waals surface area (Å²) in [5.74, 6) is 1.97. The minimum Gasteiger partial charge on any atom is -0.381 e. The number of rotatable bonds is 6. The zero-order chi connectivity index (χ0) is 8.69. The summed E-state index contributed by atoms with van der Waals surface area (Å²) in [6, 6.07) is 0. The first kappa shape index (κ1) is 11.2. The molecule has 0 N–H and O–H groups in total. The first-order valence-electron chi connectivity index (χ1n) is 4.30. The zero-order valence-electron chi connectivity index (χ0n) is 7.77. The molecule has 1 unspecified atom stereocenters. The molecule has 0 bridgehead atoms. The van der Waals surface area contributed by atoms with Gasteiger partial charge in [0.15, 0.2) is 0 Å². The summed E-state index contributed by atoms with van der Waals surface area (Å²) < 4.78 is 5.41. The molecule has 0 saturated carbocycles. The van der Waals surface area contributed by atoms with Crippen LogP contribution in [0.4, 0.5) is 0 Å². The zero-order valence-corrected chi connectivity index (χ0v) is 8.53. The number of hydrogen-bond donors (Lipinski definition) is 0. The van der Waals surface area contributed by atoms with E-state index in [4.69, 9.17) is 16.3 Å². The van der Waals surface area contributed by atoms with Crippen LogP contribution in [0, 0.1) is 11.8 Å². The summed E-state index contributed by atoms with van der Waals surface area (Å²) in [5.41, 5.74) is 0. The quantitative estimate of drug-likeness (QED) is 0.449. The van der Waals surface area contributed by atoms with Crippen molar-refractivity contribution in [2.45, 2.75) is 27.2 Å². The molecule has 68 valence electrons. The standard InChI is InChI=1S/C9H19ClO/c1-8(2)7-11-5-4-9(3)6-10/h8-9H,4-7H2,1-3H3. The summed E-state index contributed by atoms with van der Waals surface area (Å²) in [7, 11) is 0. The van der Waals surface area contributed by atoms with E-state index in [2.05, 4.69) is 20.8 Å². The SMILES string of the molecule is CC(C)COCCC(C)CCl. The molecule has 0 aliphatic rings. The highest BCUT2D eigenvalue weighted by molar-refractivity contribution is 6.18. The Balaban J connectivity index is 3.01. The Hall–Kier alpha value is 0.250. The molecule has 0 aromatic heterocycles. The van der Waals surface area contributed by atoms with Gasteiger partial charge in [0.25, 0.3) is 0 Å². The Bertz CT molecular complexity index is 83.6. The fourth-order valence-electron chi connectivity index (χ4n) is 0.681. The molecule has 0 heterocycles. The van der Waals surface area contributed by atoms with Crippen molar-refractivity contribution in [2.24, 2.45) is 11.8 Å². The molecule has 11 heavy (non-hydrogen) atoms. The molecule has 0 rings (SSSR count). The van der Waals surface area contributed by atoms with Crippen LogP contribution in [-0.2, 0) is 4.74 Å². The van der Waals surface area contributed by atoms with Crippen molar-refractivity contribution in [2.75, 3.05) is 19.1 Å². The van der Waals surface area contributed by atoms with Crippen molar-refractivity contribution in [1.82, 2.24) is 0 Å². The lowest BCUT2D eigenvalue weighted by atomic mass is 10.1. The second-order valence-electron chi connectivity index (χ2n) is 3.52. The van der Waals surface area contributed by atoms with E-state index < -0.39 is 0 Å². The number of ether oxygens (including phenoxy) is 1. The molecule has 0 fully saturated rings. The molecule has 0 spiro atoms. The molecular weight excluding hydrogens is 160 g/mol. The van der Waals surface area contributed by atoms with Gasteiger partial charge >= 0.3 is 0 Å². The van der Waals surface area contributed by atoms with E-state index in [1.165, 1.54) is 0 Å². The van der Waals surface area contributed by atoms with Gasteiger partial charge in [0, 0.05) is 19.1 Å². The van der Waals surface area contributed by atoms with Crippen LogP contribution in [0.1, 0.15) is 27.2 Å². The van der Waals surface area contributed by atoms with Crippen molar-refractivity contribution in [3.8, 4) is 0 Å². The first-order valence-corrected chi connectivity index (χ1v) is 4.84. The number of alkyl halides is 1. The van der Waals surface area contributed by atoms with Crippen molar-refractivity contribution < 1.29 is 4.74 Å². The van der Waals surface area contributed by atoms with Crippen molar-refractivity contribution in [3.63, 3.8) is 0 Å². The second-order valence-corrected chi connectivity index (χ2v) is 3.83. The first-order chi connectivity index (χ1) is 5.16. The van der Waals surface area contributed by atoms with Crippen LogP contribution >= 0.6 is 11.6 Å². The summed E-state index contributed by atoms with van der Waals surface area (Å²) in [4.78, 5) is 0. The molecule has 1 atom stereocenters. The summed E-state index contributed by atoms with van der Waals surface area (Å²) in [6.45, 7) is 8.18. The monoisotopic (exact) mass is 178 g/mol. The summed E-state index contributed by atoms with van der Waals surface area (Å²) in [5, 5.41) is 0. The molecule has 2 heteroatoms. The van der Waals surface area contributed by atoms with Gasteiger partial charge in [-0.05, 0) is 18.3 Å². The van der Waals surface area contributed by atoms with Gasteiger partial charge in [0.05, 0.1) is 0 Å². The predicted molar refractivity (Wildman–Crippen MR) is 50.2 cm³/mol. The van der Waals surface area contributed by atoms with Gasteiger partial charge in [-0.3, -0.25) is 0 Å². The average molecular weight is 179 g/mol. The van der Waals surface area contributed by atoms with E-state index in [1.54, 1.807) is 0 Å². The van der Waals surface area contributed by atoms with E-state index in [9.17, 15) is 0 Å². The minimum atomic E-state index is 0.587. The lowest BCUT2D eigenvalue weighted by molar-refractivity contribution is 0.101. The minimum absolute atomic E-state index is 0.587. The lowest BCUT2D eigenvalue weighted by Crippen LogP contribution is -2.07. The highest BCUT2D eigenvalue weighted by Gasteiger charge is 1.99. The molecule has 0 aliphatic carbocycles. The molecule has 1 nitrogen and oxygen atoms in total. The molecule has 0 radical (unpaired) electrons. The fourth-order valence-corrected chi connectivity index (χ4v) is 0.835. The number of hydrogen-bond acceptors (Lipinski definition) is 1. The summed E-state index contributed by atoms with van der Waals surface area (Å²) >= 11 is 5.64. The largest absolute Gasteiger partial charge is 0.381 e. The van der Waals surface area contributed by atoms with Crippen LogP contribution in [0.25, 0.3) is 0 Å². The highest BCUT2D eigenvalue weighted by atomic mass is 35.5. The Morgan fingerprint density at radius 3 is 2.36 bits per heavy atom. The van der Waals surface area contributed by atoms with Crippen molar-refractivity contribution in [1.29, 1.82) is 0 Å². The van der Waals surface area contributed by atoms with Gasteiger partial charge in [0.1, 0.15) is 0 Å². The van der Waals surface area contributed by atoms with Gasteiger partial charge in [-0.15, -0.1) is 11.6 Å². The van der Waals surface area contributed by atoms with Crippen molar-refractivity contribution in [3.05, 3.63) is 0 Å². The Morgan fingerprint density at radius 1 is 1.27 bits per heavy atom. The molecular formula is C9H19ClO. The maximum atomic E-state index is 5.64. The fraction of sp³-hybridized carbons (Fsp3) is 1.00. The second kappa shape index (κ2) is 6.93. The Morgan fingerprint density at radius 2 is 1.91 bits per heavy atom. The van der Waals surface area contributed by atoms with Gasteiger partial charge in [-0.2, -0.15) is 0 Å². The Kier molecular flexibility index (Phi) is 7.09. The van der Waals surface area contributed by atoms with Crippen LogP contribution in [0.3, 0.4) is 0 Å². The third-order valence-electron chi connectivity index (χ3n) is 1.47. The van der Waals surface area contributed by atoms with Crippen LogP contribution in [0.15, 0.2) is 0 Å². The average Bonchev–Trinajstić information content (AvgIpc) is 1.97. The van der Waals surface area contributed by atoms with Crippen LogP contribution in [0.2, 0.25) is 0 Å². The lowest BCUT2D eigenvalue weighted by Gasteiger charge is -2.09. The van der Waals surface area contributed by atoms with E-state index in [0.29, 0.717) is 11.8 Å². The number of halogens is 1. The maximum Gasteiger partial charge on any atom is 0.0488 e. The molecule has 0 aromatic rings. The van der Waals surface area contributed by atoms with Gasteiger partial charge in [-0.1, -0.05) is 20.8 Å². The van der Waals surface area contributed by atoms with Crippen LogP contribution < -0.4 is 0 Å². The molecule has 0 aliphatic heterocycles. The van der Waals surface area contributed by atoms with E-state index in [-0.39, 0.29) is 0 Å². The normalized spacial score (nSPS) is 13.9. The molecule has 0 aromatic carbocycles. The molecule has 0 saturated heterocycles. The Labute approximate surface area is 75.1 Å². The van der Waals surface area contributed by atoms with E-state index >= 15 is 0 Å². The topological polar surface area (TPSA) is 9.23 Å². The predicted octanol–water partition coefficient (Wildman–Crippen LogP) is 2.92. The summed E-state index contributed by atoms with van der Waals surface area (Å²) in [6.07, 6.45) is 1.08. The molecule has 0 amide bonds. The van der Waals surface area contributed by atoms with Crippen LogP contribution in [0.5, 0.6) is 0 Å². The highest BCUT2D eigenvalue weighted by Crippen LogP contribution is 2.04. The smallest absolute Gasteiger partial charge is 0.0488 e. The van der Waals surface area contributed by atoms with Crippen molar-refractivity contribution >= 4 is 11.6 Å².